The highest BCUT2D eigenvalue weighted by atomic mass is 32.2. The van der Waals surface area contributed by atoms with Gasteiger partial charge in [-0.25, -0.2) is 13.6 Å². The zero-order valence-corrected chi connectivity index (χ0v) is 18.8. The molecule has 2 aromatic carbocycles. The fourth-order valence-electron chi connectivity index (χ4n) is 4.24. The smallest absolute Gasteiger partial charge is 0.277 e. The van der Waals surface area contributed by atoms with E-state index in [0.717, 1.165) is 37.1 Å². The lowest BCUT2D eigenvalue weighted by Crippen LogP contribution is -2.39. The second kappa shape index (κ2) is 8.88. The van der Waals surface area contributed by atoms with Crippen molar-refractivity contribution in [3.8, 4) is 0 Å². The molecule has 2 aliphatic heterocycles. The Balaban J connectivity index is 1.57. The Kier molecular flexibility index (Phi) is 6.17. The number of benzene rings is 2. The molecule has 0 aromatic heterocycles. The third-order valence-corrected chi connectivity index (χ3v) is 7.11. The maximum atomic E-state index is 13.4. The number of imide groups is 1. The fraction of sp³-hybridized carbons (Fsp3) is 0.333. The molecule has 0 unspecified atom stereocenters. The van der Waals surface area contributed by atoms with E-state index in [1.807, 2.05) is 30.3 Å². The lowest BCUT2D eigenvalue weighted by molar-refractivity contribution is -0.137. The van der Waals surface area contributed by atoms with E-state index in [9.17, 15) is 18.0 Å². The third-order valence-electron chi connectivity index (χ3n) is 6.18. The second-order valence-electron chi connectivity index (χ2n) is 8.46. The van der Waals surface area contributed by atoms with Crippen LogP contribution in [0, 0.1) is 5.92 Å². The summed E-state index contributed by atoms with van der Waals surface area (Å²) in [5.74, 6) is 0.0659. The SMILES string of the molecule is CC1CCN(C2=C(c3ccccc3)C(=O)N(CCc3ccc(S(N)(=O)=O)cc3)C2=O)CC1. The summed E-state index contributed by atoms with van der Waals surface area (Å²) in [5.41, 5.74) is 2.53. The van der Waals surface area contributed by atoms with Gasteiger partial charge in [0.2, 0.25) is 10.0 Å². The number of likely N-dealkylation sites (tertiary alicyclic amines) is 1. The Hall–Kier alpha value is -2.97. The maximum Gasteiger partial charge on any atom is 0.277 e. The van der Waals surface area contributed by atoms with Crippen LogP contribution < -0.4 is 5.14 Å². The first-order chi connectivity index (χ1) is 15.3. The van der Waals surface area contributed by atoms with Gasteiger partial charge in [-0.15, -0.1) is 0 Å². The van der Waals surface area contributed by atoms with Gasteiger partial charge in [0.05, 0.1) is 10.5 Å². The number of nitrogens with two attached hydrogens (primary N) is 1. The Morgan fingerprint density at radius 2 is 1.56 bits per heavy atom. The normalized spacial score (nSPS) is 18.1. The van der Waals surface area contributed by atoms with Gasteiger partial charge in [-0.3, -0.25) is 14.5 Å². The number of nitrogens with zero attached hydrogens (tertiary/aromatic N) is 2. The molecule has 32 heavy (non-hydrogen) atoms. The summed E-state index contributed by atoms with van der Waals surface area (Å²) in [6.45, 7) is 3.94. The third kappa shape index (κ3) is 4.47. The molecule has 0 atom stereocenters. The quantitative estimate of drug-likeness (QED) is 0.677. The molecular weight excluding hydrogens is 426 g/mol. The van der Waals surface area contributed by atoms with Crippen molar-refractivity contribution in [3.05, 3.63) is 71.4 Å². The van der Waals surface area contributed by atoms with Crippen LogP contribution in [-0.4, -0.2) is 49.7 Å². The molecule has 168 valence electrons. The number of hydrogen-bond acceptors (Lipinski definition) is 5. The van der Waals surface area contributed by atoms with Crippen molar-refractivity contribution in [1.29, 1.82) is 0 Å². The summed E-state index contributed by atoms with van der Waals surface area (Å²) in [7, 11) is -3.76. The van der Waals surface area contributed by atoms with E-state index in [0.29, 0.717) is 23.6 Å². The lowest BCUT2D eigenvalue weighted by Gasteiger charge is -2.32. The van der Waals surface area contributed by atoms with E-state index in [2.05, 4.69) is 11.8 Å². The number of sulfonamides is 1. The van der Waals surface area contributed by atoms with E-state index < -0.39 is 10.0 Å². The number of primary sulfonamides is 1. The highest BCUT2D eigenvalue weighted by Gasteiger charge is 2.41. The van der Waals surface area contributed by atoms with Gasteiger partial charge in [0.1, 0.15) is 5.70 Å². The average molecular weight is 454 g/mol. The minimum Gasteiger partial charge on any atom is -0.366 e. The van der Waals surface area contributed by atoms with Crippen molar-refractivity contribution in [1.82, 2.24) is 9.80 Å². The summed E-state index contributed by atoms with van der Waals surface area (Å²) >= 11 is 0. The first kappa shape index (κ1) is 22.2. The molecule has 2 amide bonds. The number of rotatable bonds is 6. The van der Waals surface area contributed by atoms with E-state index in [1.54, 1.807) is 12.1 Å². The van der Waals surface area contributed by atoms with Gasteiger partial charge < -0.3 is 4.90 Å². The summed E-state index contributed by atoms with van der Waals surface area (Å²) in [4.78, 5) is 30.2. The van der Waals surface area contributed by atoms with E-state index in [-0.39, 0.29) is 23.3 Å². The summed E-state index contributed by atoms with van der Waals surface area (Å²) in [5, 5.41) is 5.15. The Morgan fingerprint density at radius 1 is 0.938 bits per heavy atom. The van der Waals surface area contributed by atoms with Crippen LogP contribution in [0.25, 0.3) is 5.57 Å². The van der Waals surface area contributed by atoms with E-state index >= 15 is 0 Å². The molecule has 4 rings (SSSR count). The average Bonchev–Trinajstić information content (AvgIpc) is 3.03. The highest BCUT2D eigenvalue weighted by molar-refractivity contribution is 7.89. The number of carbonyl (C=O) groups is 2. The molecule has 0 spiro atoms. The number of carbonyl (C=O) groups excluding carboxylic acids is 2. The second-order valence-corrected chi connectivity index (χ2v) is 10.0. The Labute approximate surface area is 188 Å². The summed E-state index contributed by atoms with van der Waals surface area (Å²) in [6.07, 6.45) is 2.40. The van der Waals surface area contributed by atoms with Crippen molar-refractivity contribution < 1.29 is 18.0 Å². The van der Waals surface area contributed by atoms with Gasteiger partial charge >= 0.3 is 0 Å². The van der Waals surface area contributed by atoms with E-state index in [1.165, 1.54) is 17.0 Å². The van der Waals surface area contributed by atoms with Crippen LogP contribution in [0.2, 0.25) is 0 Å². The van der Waals surface area contributed by atoms with Crippen molar-refractivity contribution in [2.75, 3.05) is 19.6 Å². The minimum atomic E-state index is -3.76. The zero-order chi connectivity index (χ0) is 22.9. The molecule has 2 heterocycles. The van der Waals surface area contributed by atoms with E-state index in [4.69, 9.17) is 5.14 Å². The molecular formula is C24H27N3O4S. The Bertz CT molecular complexity index is 1150. The molecule has 2 N–H and O–H groups in total. The molecule has 2 aromatic rings. The topological polar surface area (TPSA) is 101 Å². The number of hydrogen-bond donors (Lipinski definition) is 1. The van der Waals surface area contributed by atoms with Crippen LogP contribution >= 0.6 is 0 Å². The fourth-order valence-corrected chi connectivity index (χ4v) is 4.76. The summed E-state index contributed by atoms with van der Waals surface area (Å²) < 4.78 is 22.9. The molecule has 0 radical (unpaired) electrons. The van der Waals surface area contributed by atoms with Crippen molar-refractivity contribution in [2.45, 2.75) is 31.1 Å². The molecule has 0 aliphatic carbocycles. The van der Waals surface area contributed by atoms with Gasteiger partial charge in [-0.2, -0.15) is 0 Å². The predicted octanol–water partition coefficient (Wildman–Crippen LogP) is 2.39. The Morgan fingerprint density at radius 3 is 2.16 bits per heavy atom. The lowest BCUT2D eigenvalue weighted by atomic mass is 9.97. The highest BCUT2D eigenvalue weighted by Crippen LogP contribution is 2.33. The first-order valence-electron chi connectivity index (χ1n) is 10.8. The zero-order valence-electron chi connectivity index (χ0n) is 18.0. The molecule has 0 saturated carbocycles. The van der Waals surface area contributed by atoms with Crippen molar-refractivity contribution in [3.63, 3.8) is 0 Å². The molecule has 1 fully saturated rings. The van der Waals surface area contributed by atoms with Crippen LogP contribution in [0.15, 0.2) is 65.2 Å². The minimum absolute atomic E-state index is 0.0317. The first-order valence-corrected chi connectivity index (χ1v) is 12.3. The molecule has 1 saturated heterocycles. The van der Waals surface area contributed by atoms with Crippen LogP contribution in [0.4, 0.5) is 0 Å². The van der Waals surface area contributed by atoms with Crippen LogP contribution in [0.3, 0.4) is 0 Å². The molecule has 2 aliphatic rings. The van der Waals surface area contributed by atoms with Gasteiger partial charge in [0, 0.05) is 19.6 Å². The maximum absolute atomic E-state index is 13.4. The molecule has 7 nitrogen and oxygen atoms in total. The van der Waals surface area contributed by atoms with Crippen LogP contribution in [0.5, 0.6) is 0 Å². The van der Waals surface area contributed by atoms with Crippen LogP contribution in [0.1, 0.15) is 30.9 Å². The molecule has 0 bridgehead atoms. The van der Waals surface area contributed by atoms with Gasteiger partial charge in [-0.05, 0) is 48.4 Å². The van der Waals surface area contributed by atoms with Crippen molar-refractivity contribution in [2.24, 2.45) is 11.1 Å². The number of amides is 2. The van der Waals surface area contributed by atoms with Crippen molar-refractivity contribution >= 4 is 27.4 Å². The standard InChI is InChI=1S/C24H27N3O4S/c1-17-11-14-26(15-12-17)22-21(19-5-3-2-4-6-19)23(28)27(24(22)29)16-13-18-7-9-20(10-8-18)32(25,30)31/h2-10,17H,11-16H2,1H3,(H2,25,30,31). The summed E-state index contributed by atoms with van der Waals surface area (Å²) in [6, 6.07) is 15.5. The monoisotopic (exact) mass is 453 g/mol. The van der Waals surface area contributed by atoms with Gasteiger partial charge in [0.15, 0.2) is 0 Å². The predicted molar refractivity (Wildman–Crippen MR) is 122 cm³/mol. The molecule has 8 heteroatoms. The number of piperidine rings is 1. The largest absolute Gasteiger partial charge is 0.366 e. The van der Waals surface area contributed by atoms with Gasteiger partial charge in [0.25, 0.3) is 11.8 Å². The van der Waals surface area contributed by atoms with Crippen LogP contribution in [-0.2, 0) is 26.0 Å². The van der Waals surface area contributed by atoms with Gasteiger partial charge in [-0.1, -0.05) is 49.4 Å².